The van der Waals surface area contributed by atoms with Gasteiger partial charge in [0.1, 0.15) is 6.04 Å². The predicted octanol–water partition coefficient (Wildman–Crippen LogP) is 2.90. The van der Waals surface area contributed by atoms with Gasteiger partial charge in [0.05, 0.1) is 0 Å². The van der Waals surface area contributed by atoms with Gasteiger partial charge in [-0.3, -0.25) is 4.79 Å². The summed E-state index contributed by atoms with van der Waals surface area (Å²) in [7, 11) is 0. The van der Waals surface area contributed by atoms with E-state index in [0.29, 0.717) is 11.7 Å². The van der Waals surface area contributed by atoms with E-state index in [9.17, 15) is 4.79 Å². The summed E-state index contributed by atoms with van der Waals surface area (Å²) in [5.41, 5.74) is 2.08. The molecule has 0 saturated heterocycles. The van der Waals surface area contributed by atoms with Crippen molar-refractivity contribution < 1.29 is 4.79 Å². The lowest BCUT2D eigenvalue weighted by Gasteiger charge is -2.30. The molecule has 2 aromatic rings. The van der Waals surface area contributed by atoms with Crippen LogP contribution in [0.1, 0.15) is 51.1 Å². The fraction of sp³-hybridized carbons (Fsp3) is 0.556. The van der Waals surface area contributed by atoms with Crippen LogP contribution in [0.3, 0.4) is 0 Å². The molecule has 1 N–H and O–H groups in total. The standard InChI is InChI=1S/C18H25N5O/c1-12-8-10-15(11-9-12)17-20-22-23(21-17)14(3)18(24)19-16-7-5-4-6-13(16)2/h8-11,13-14,16H,4-7H2,1-3H3,(H,19,24)/t13-,14-,16+/m1/s1. The van der Waals surface area contributed by atoms with E-state index >= 15 is 0 Å². The van der Waals surface area contributed by atoms with E-state index in [0.717, 1.165) is 12.0 Å². The summed E-state index contributed by atoms with van der Waals surface area (Å²) < 4.78 is 0. The maximum atomic E-state index is 12.5. The second-order valence-electron chi connectivity index (χ2n) is 6.85. The molecular weight excluding hydrogens is 302 g/mol. The third kappa shape index (κ3) is 3.63. The maximum absolute atomic E-state index is 12.5. The third-order valence-corrected chi connectivity index (χ3v) is 4.90. The van der Waals surface area contributed by atoms with E-state index in [1.165, 1.54) is 29.6 Å². The molecule has 6 nitrogen and oxygen atoms in total. The van der Waals surface area contributed by atoms with Crippen molar-refractivity contribution in [2.75, 3.05) is 0 Å². The van der Waals surface area contributed by atoms with Gasteiger partial charge in [0.25, 0.3) is 0 Å². The van der Waals surface area contributed by atoms with E-state index in [2.05, 4.69) is 27.7 Å². The number of carbonyl (C=O) groups excluding carboxylic acids is 1. The van der Waals surface area contributed by atoms with Gasteiger partial charge >= 0.3 is 0 Å². The Balaban J connectivity index is 1.67. The predicted molar refractivity (Wildman–Crippen MR) is 92.3 cm³/mol. The number of nitrogens with zero attached hydrogens (tertiary/aromatic N) is 4. The maximum Gasteiger partial charge on any atom is 0.246 e. The lowest BCUT2D eigenvalue weighted by atomic mass is 9.86. The van der Waals surface area contributed by atoms with Crippen LogP contribution in [0.2, 0.25) is 0 Å². The Hall–Kier alpha value is -2.24. The van der Waals surface area contributed by atoms with Gasteiger partial charge in [0.15, 0.2) is 0 Å². The quantitative estimate of drug-likeness (QED) is 0.937. The first kappa shape index (κ1) is 16.6. The van der Waals surface area contributed by atoms with E-state index in [4.69, 9.17) is 0 Å². The summed E-state index contributed by atoms with van der Waals surface area (Å²) in [6.07, 6.45) is 4.67. The van der Waals surface area contributed by atoms with Crippen LogP contribution in [-0.2, 0) is 4.79 Å². The fourth-order valence-corrected chi connectivity index (χ4v) is 3.15. The average molecular weight is 327 g/mol. The van der Waals surface area contributed by atoms with Crippen LogP contribution in [0.25, 0.3) is 11.4 Å². The summed E-state index contributed by atoms with van der Waals surface area (Å²) in [5.74, 6) is 1.03. The van der Waals surface area contributed by atoms with E-state index < -0.39 is 6.04 Å². The van der Waals surface area contributed by atoms with Crippen LogP contribution in [-0.4, -0.2) is 32.2 Å². The molecule has 1 saturated carbocycles. The molecule has 3 atom stereocenters. The molecule has 128 valence electrons. The molecule has 0 spiro atoms. The second-order valence-corrected chi connectivity index (χ2v) is 6.85. The minimum Gasteiger partial charge on any atom is -0.351 e. The third-order valence-electron chi connectivity index (χ3n) is 4.90. The first-order chi connectivity index (χ1) is 11.5. The average Bonchev–Trinajstić information content (AvgIpc) is 3.07. The summed E-state index contributed by atoms with van der Waals surface area (Å²) in [6, 6.07) is 7.74. The van der Waals surface area contributed by atoms with Gasteiger partial charge in [0.2, 0.25) is 11.7 Å². The van der Waals surface area contributed by atoms with E-state index in [-0.39, 0.29) is 11.9 Å². The van der Waals surface area contributed by atoms with Crippen LogP contribution in [0, 0.1) is 12.8 Å². The first-order valence-electron chi connectivity index (χ1n) is 8.71. The Morgan fingerprint density at radius 3 is 2.67 bits per heavy atom. The Bertz CT molecular complexity index is 694. The molecule has 0 aliphatic heterocycles. The van der Waals surface area contributed by atoms with Crippen LogP contribution in [0.5, 0.6) is 0 Å². The summed E-state index contributed by atoms with van der Waals surface area (Å²) in [5, 5.41) is 15.7. The Labute approximate surface area is 142 Å². The van der Waals surface area contributed by atoms with Crippen LogP contribution in [0.15, 0.2) is 24.3 Å². The highest BCUT2D eigenvalue weighted by Gasteiger charge is 2.26. The van der Waals surface area contributed by atoms with Crippen molar-refractivity contribution in [3.05, 3.63) is 29.8 Å². The number of hydrogen-bond donors (Lipinski definition) is 1. The molecule has 1 aliphatic rings. The van der Waals surface area contributed by atoms with Crippen LogP contribution >= 0.6 is 0 Å². The second kappa shape index (κ2) is 7.11. The number of aryl methyl sites for hydroxylation is 1. The minimum atomic E-state index is -0.467. The number of benzene rings is 1. The highest BCUT2D eigenvalue weighted by molar-refractivity contribution is 5.80. The molecule has 1 heterocycles. The summed E-state index contributed by atoms with van der Waals surface area (Å²) in [4.78, 5) is 13.9. The van der Waals surface area contributed by atoms with Crippen molar-refractivity contribution in [3.63, 3.8) is 0 Å². The Kier molecular flexibility index (Phi) is 4.92. The Morgan fingerprint density at radius 1 is 1.25 bits per heavy atom. The molecule has 1 aliphatic carbocycles. The van der Waals surface area contributed by atoms with Crippen molar-refractivity contribution in [2.24, 2.45) is 5.92 Å². The van der Waals surface area contributed by atoms with Crippen molar-refractivity contribution in [1.29, 1.82) is 0 Å². The topological polar surface area (TPSA) is 72.7 Å². The molecule has 1 aromatic heterocycles. The molecular formula is C18H25N5O. The van der Waals surface area contributed by atoms with Crippen molar-refractivity contribution in [2.45, 2.75) is 58.5 Å². The zero-order valence-corrected chi connectivity index (χ0v) is 14.6. The van der Waals surface area contributed by atoms with Gasteiger partial charge in [-0.05, 0) is 37.8 Å². The van der Waals surface area contributed by atoms with Gasteiger partial charge in [-0.25, -0.2) is 0 Å². The molecule has 0 radical (unpaired) electrons. The molecule has 1 amide bonds. The van der Waals surface area contributed by atoms with Gasteiger partial charge in [-0.1, -0.05) is 49.6 Å². The van der Waals surface area contributed by atoms with Gasteiger partial charge in [-0.15, -0.1) is 10.2 Å². The van der Waals surface area contributed by atoms with Crippen molar-refractivity contribution >= 4 is 5.91 Å². The van der Waals surface area contributed by atoms with Crippen molar-refractivity contribution in [3.8, 4) is 11.4 Å². The fourth-order valence-electron chi connectivity index (χ4n) is 3.15. The van der Waals surface area contributed by atoms with Gasteiger partial charge in [0, 0.05) is 11.6 Å². The smallest absolute Gasteiger partial charge is 0.246 e. The highest BCUT2D eigenvalue weighted by atomic mass is 16.2. The van der Waals surface area contributed by atoms with E-state index in [1.807, 2.05) is 38.1 Å². The zero-order chi connectivity index (χ0) is 17.1. The normalized spacial score (nSPS) is 22.1. The molecule has 24 heavy (non-hydrogen) atoms. The highest BCUT2D eigenvalue weighted by Crippen LogP contribution is 2.24. The zero-order valence-electron chi connectivity index (χ0n) is 14.6. The van der Waals surface area contributed by atoms with Crippen LogP contribution in [0.4, 0.5) is 0 Å². The largest absolute Gasteiger partial charge is 0.351 e. The number of rotatable bonds is 4. The number of tetrazole rings is 1. The Morgan fingerprint density at radius 2 is 1.96 bits per heavy atom. The SMILES string of the molecule is Cc1ccc(-c2nnn([C@H](C)C(=O)N[C@H]3CCCC[C@H]3C)n2)cc1. The molecule has 1 aromatic carbocycles. The number of aromatic nitrogens is 4. The number of carbonyl (C=O) groups is 1. The summed E-state index contributed by atoms with van der Waals surface area (Å²) >= 11 is 0. The van der Waals surface area contributed by atoms with Gasteiger partial charge in [-0.2, -0.15) is 4.80 Å². The van der Waals surface area contributed by atoms with Crippen LogP contribution < -0.4 is 5.32 Å². The van der Waals surface area contributed by atoms with E-state index in [1.54, 1.807) is 0 Å². The molecule has 1 fully saturated rings. The number of nitrogens with one attached hydrogen (secondary N) is 1. The molecule has 0 bridgehead atoms. The summed E-state index contributed by atoms with van der Waals surface area (Å²) in [6.45, 7) is 6.05. The molecule has 6 heteroatoms. The minimum absolute atomic E-state index is 0.0402. The number of amides is 1. The van der Waals surface area contributed by atoms with Crippen molar-refractivity contribution in [1.82, 2.24) is 25.5 Å². The lowest BCUT2D eigenvalue weighted by Crippen LogP contribution is -2.44. The number of hydrogen-bond acceptors (Lipinski definition) is 4. The van der Waals surface area contributed by atoms with Gasteiger partial charge < -0.3 is 5.32 Å². The monoisotopic (exact) mass is 327 g/mol. The first-order valence-corrected chi connectivity index (χ1v) is 8.71. The lowest BCUT2D eigenvalue weighted by molar-refractivity contribution is -0.125. The molecule has 3 rings (SSSR count). The molecule has 0 unspecified atom stereocenters.